The number of hydrogen-bond donors (Lipinski definition) is 3. The molecule has 0 fully saturated rings. The summed E-state index contributed by atoms with van der Waals surface area (Å²) < 4.78 is 0. The average molecular weight is 383 g/mol. The third-order valence-electron chi connectivity index (χ3n) is 4.32. The first kappa shape index (κ1) is 19.8. The zero-order valence-corrected chi connectivity index (χ0v) is 16.1. The van der Waals surface area contributed by atoms with Crippen LogP contribution in [-0.2, 0) is 19.4 Å². The Labute approximate surface area is 159 Å². The zero-order chi connectivity index (χ0) is 17.2. The van der Waals surface area contributed by atoms with E-state index in [1.54, 1.807) is 0 Å². The zero-order valence-electron chi connectivity index (χ0n) is 14.5. The summed E-state index contributed by atoms with van der Waals surface area (Å²) >= 11 is 6.05. The lowest BCUT2D eigenvalue weighted by atomic mass is 9.85. The van der Waals surface area contributed by atoms with Gasteiger partial charge in [-0.15, -0.1) is 12.4 Å². The van der Waals surface area contributed by atoms with Gasteiger partial charge in [0.1, 0.15) is 0 Å². The van der Waals surface area contributed by atoms with Crippen molar-refractivity contribution in [3.63, 3.8) is 0 Å². The molecule has 7 heteroatoms. The maximum Gasteiger partial charge on any atom is 0.272 e. The van der Waals surface area contributed by atoms with Gasteiger partial charge in [0.2, 0.25) is 0 Å². The molecule has 0 atom stereocenters. The van der Waals surface area contributed by atoms with Gasteiger partial charge in [0.15, 0.2) is 5.69 Å². The number of carbonyl (C=O) groups excluding carboxylic acids is 1. The smallest absolute Gasteiger partial charge is 0.272 e. The number of benzene rings is 1. The fourth-order valence-corrected chi connectivity index (χ4v) is 3.29. The van der Waals surface area contributed by atoms with E-state index in [2.05, 4.69) is 40.7 Å². The summed E-state index contributed by atoms with van der Waals surface area (Å²) in [5.41, 5.74) is 3.66. The molecule has 0 bridgehead atoms. The van der Waals surface area contributed by atoms with Crippen molar-refractivity contribution in [1.29, 1.82) is 0 Å². The van der Waals surface area contributed by atoms with E-state index in [0.29, 0.717) is 18.8 Å². The minimum Gasteiger partial charge on any atom is -0.350 e. The van der Waals surface area contributed by atoms with Crippen LogP contribution in [0.3, 0.4) is 0 Å². The van der Waals surface area contributed by atoms with E-state index in [4.69, 9.17) is 11.6 Å². The predicted molar refractivity (Wildman–Crippen MR) is 103 cm³/mol. The van der Waals surface area contributed by atoms with Gasteiger partial charge in [-0.3, -0.25) is 9.89 Å². The second kappa shape index (κ2) is 8.21. The summed E-state index contributed by atoms with van der Waals surface area (Å²) in [6.07, 6.45) is 1.73. The molecule has 3 N–H and O–H groups in total. The lowest BCUT2D eigenvalue weighted by Crippen LogP contribution is -2.36. The van der Waals surface area contributed by atoms with Gasteiger partial charge in [-0.05, 0) is 29.5 Å². The topological polar surface area (TPSA) is 69.8 Å². The highest BCUT2D eigenvalue weighted by Crippen LogP contribution is 2.23. The van der Waals surface area contributed by atoms with Crippen LogP contribution in [0, 0.1) is 5.41 Å². The van der Waals surface area contributed by atoms with Gasteiger partial charge >= 0.3 is 0 Å². The van der Waals surface area contributed by atoms with Gasteiger partial charge < -0.3 is 10.6 Å². The van der Waals surface area contributed by atoms with Crippen molar-refractivity contribution in [3.05, 3.63) is 51.8 Å². The van der Waals surface area contributed by atoms with E-state index in [1.807, 2.05) is 18.2 Å². The molecule has 136 valence electrons. The Kier molecular flexibility index (Phi) is 6.49. The molecular formula is C18H24Cl2N4O. The van der Waals surface area contributed by atoms with Crippen LogP contribution < -0.4 is 10.6 Å². The molecule has 0 aliphatic carbocycles. The second-order valence-electron chi connectivity index (χ2n) is 7.11. The van der Waals surface area contributed by atoms with Crippen LogP contribution in [0.2, 0.25) is 5.02 Å². The van der Waals surface area contributed by atoms with Crippen molar-refractivity contribution in [2.24, 2.45) is 5.41 Å². The molecule has 25 heavy (non-hydrogen) atoms. The molecule has 1 aromatic carbocycles. The van der Waals surface area contributed by atoms with Gasteiger partial charge in [0.25, 0.3) is 5.91 Å². The van der Waals surface area contributed by atoms with Crippen LogP contribution >= 0.6 is 24.0 Å². The first-order chi connectivity index (χ1) is 11.4. The number of H-pyrrole nitrogens is 1. The maximum absolute atomic E-state index is 12.5. The standard InChI is InChI=1S/C18H23ClN4O.ClH/c1-18(2,9-12-4-3-5-13(19)8-12)11-21-17(24)16-14-10-20-7-6-15(14)22-23-16;/h3-5,8,20H,6-7,9-11H2,1-2H3,(H,21,24)(H,22,23);1H. The van der Waals surface area contributed by atoms with Crippen LogP contribution in [0.4, 0.5) is 0 Å². The van der Waals surface area contributed by atoms with Gasteiger partial charge in [-0.2, -0.15) is 5.10 Å². The minimum absolute atomic E-state index is 0. The number of halogens is 2. The molecule has 1 aliphatic rings. The van der Waals surface area contributed by atoms with Crippen molar-refractivity contribution < 1.29 is 4.79 Å². The van der Waals surface area contributed by atoms with E-state index in [-0.39, 0.29) is 23.7 Å². The summed E-state index contributed by atoms with van der Waals surface area (Å²) in [6, 6.07) is 7.86. The minimum atomic E-state index is -0.115. The van der Waals surface area contributed by atoms with Crippen LogP contribution in [-0.4, -0.2) is 29.2 Å². The highest BCUT2D eigenvalue weighted by molar-refractivity contribution is 6.30. The number of nitrogens with zero attached hydrogens (tertiary/aromatic N) is 1. The first-order valence-electron chi connectivity index (χ1n) is 8.24. The molecule has 0 spiro atoms. The Balaban J connectivity index is 0.00000225. The Bertz CT molecular complexity index is 742. The molecule has 5 nitrogen and oxygen atoms in total. The van der Waals surface area contributed by atoms with Gasteiger partial charge in [-0.25, -0.2) is 0 Å². The Morgan fingerprint density at radius 1 is 1.40 bits per heavy atom. The highest BCUT2D eigenvalue weighted by Gasteiger charge is 2.24. The number of fused-ring (bicyclic) bond motifs is 1. The van der Waals surface area contributed by atoms with Crippen molar-refractivity contribution in [2.75, 3.05) is 13.1 Å². The molecule has 1 amide bonds. The third kappa shape index (κ3) is 4.97. The van der Waals surface area contributed by atoms with E-state index < -0.39 is 0 Å². The SMILES string of the molecule is CC(C)(CNC(=O)c1n[nH]c2c1CNCC2)Cc1cccc(Cl)c1.Cl. The number of amides is 1. The van der Waals surface area contributed by atoms with Crippen LogP contribution in [0.25, 0.3) is 0 Å². The largest absolute Gasteiger partial charge is 0.350 e. The first-order valence-corrected chi connectivity index (χ1v) is 8.62. The monoisotopic (exact) mass is 382 g/mol. The van der Waals surface area contributed by atoms with Crippen molar-refractivity contribution >= 4 is 29.9 Å². The Morgan fingerprint density at radius 3 is 2.96 bits per heavy atom. The molecule has 2 aromatic rings. The quantitative estimate of drug-likeness (QED) is 0.743. The fourth-order valence-electron chi connectivity index (χ4n) is 3.08. The van der Waals surface area contributed by atoms with Crippen LogP contribution in [0.5, 0.6) is 0 Å². The number of hydrogen-bond acceptors (Lipinski definition) is 3. The molecule has 1 aromatic heterocycles. The van der Waals surface area contributed by atoms with Crippen molar-refractivity contribution in [3.8, 4) is 0 Å². The van der Waals surface area contributed by atoms with E-state index in [9.17, 15) is 4.79 Å². The Hall–Kier alpha value is -1.56. The molecule has 1 aliphatic heterocycles. The molecule has 3 rings (SSSR count). The average Bonchev–Trinajstić information content (AvgIpc) is 2.96. The highest BCUT2D eigenvalue weighted by atomic mass is 35.5. The summed E-state index contributed by atoms with van der Waals surface area (Å²) in [6.45, 7) is 6.46. The van der Waals surface area contributed by atoms with Crippen molar-refractivity contribution in [1.82, 2.24) is 20.8 Å². The molecule has 0 radical (unpaired) electrons. The lowest BCUT2D eigenvalue weighted by Gasteiger charge is -2.25. The van der Waals surface area contributed by atoms with Crippen LogP contribution in [0.1, 0.15) is 41.2 Å². The number of rotatable bonds is 5. The summed E-state index contributed by atoms with van der Waals surface area (Å²) in [5, 5.41) is 14.2. The van der Waals surface area contributed by atoms with Crippen LogP contribution in [0.15, 0.2) is 24.3 Å². The van der Waals surface area contributed by atoms with E-state index in [0.717, 1.165) is 35.7 Å². The van der Waals surface area contributed by atoms with E-state index >= 15 is 0 Å². The lowest BCUT2D eigenvalue weighted by molar-refractivity contribution is 0.0930. The normalized spacial score (nSPS) is 13.7. The van der Waals surface area contributed by atoms with Gasteiger partial charge in [-0.1, -0.05) is 37.6 Å². The molecule has 0 unspecified atom stereocenters. The van der Waals surface area contributed by atoms with E-state index in [1.165, 1.54) is 5.56 Å². The fraction of sp³-hybridized carbons (Fsp3) is 0.444. The number of aromatic amines is 1. The second-order valence-corrected chi connectivity index (χ2v) is 7.55. The molecule has 2 heterocycles. The maximum atomic E-state index is 12.5. The molecular weight excluding hydrogens is 359 g/mol. The summed E-state index contributed by atoms with van der Waals surface area (Å²) in [4.78, 5) is 12.5. The summed E-state index contributed by atoms with van der Waals surface area (Å²) in [7, 11) is 0. The summed E-state index contributed by atoms with van der Waals surface area (Å²) in [5.74, 6) is -0.115. The number of aromatic nitrogens is 2. The number of carbonyl (C=O) groups is 1. The van der Waals surface area contributed by atoms with Gasteiger partial charge in [0.05, 0.1) is 0 Å². The molecule has 0 saturated carbocycles. The van der Waals surface area contributed by atoms with Crippen molar-refractivity contribution in [2.45, 2.75) is 33.2 Å². The predicted octanol–water partition coefficient (Wildman–Crippen LogP) is 3.13. The molecule has 0 saturated heterocycles. The van der Waals surface area contributed by atoms with Gasteiger partial charge in [0, 0.05) is 42.3 Å². The Morgan fingerprint density at radius 2 is 2.20 bits per heavy atom. The third-order valence-corrected chi connectivity index (χ3v) is 4.56. The number of nitrogens with one attached hydrogen (secondary N) is 3.